The quantitative estimate of drug-likeness (QED) is 0.565. The molecule has 0 fully saturated rings. The fourth-order valence-corrected chi connectivity index (χ4v) is 1.02. The molecule has 0 saturated heterocycles. The van der Waals surface area contributed by atoms with Crippen LogP contribution in [0.2, 0.25) is 0 Å². The van der Waals surface area contributed by atoms with E-state index in [9.17, 15) is 9.81 Å². The molecule has 0 bridgehead atoms. The zero-order chi connectivity index (χ0) is 10.4. The van der Waals surface area contributed by atoms with Gasteiger partial charge in [-0.25, -0.2) is 0 Å². The summed E-state index contributed by atoms with van der Waals surface area (Å²) in [7, 11) is 0. The Bertz CT molecular complexity index is 304. The van der Waals surface area contributed by atoms with E-state index in [1.807, 2.05) is 12.1 Å². The maximum absolute atomic E-state index is 10.0. The number of nitrogens with two attached hydrogens (primary N) is 1. The van der Waals surface area contributed by atoms with E-state index in [1.54, 1.807) is 12.1 Å². The molecule has 6 heteroatoms. The Balaban J connectivity index is 2.67. The van der Waals surface area contributed by atoms with E-state index in [0.717, 1.165) is 11.1 Å². The third kappa shape index (κ3) is 2.60. The first-order valence-electron chi connectivity index (χ1n) is 4.02. The van der Waals surface area contributed by atoms with Crippen molar-refractivity contribution in [1.82, 2.24) is 5.12 Å². The van der Waals surface area contributed by atoms with Gasteiger partial charge in [-0.3, -0.25) is 0 Å². The van der Waals surface area contributed by atoms with Crippen LogP contribution in [0.4, 0.5) is 0 Å². The first-order chi connectivity index (χ1) is 6.80. The van der Waals surface area contributed by atoms with Crippen molar-refractivity contribution in [3.05, 3.63) is 45.2 Å². The lowest BCUT2D eigenvalue weighted by molar-refractivity contribution is 0.286. The van der Waals surface area contributed by atoms with Crippen LogP contribution >= 0.6 is 0 Å². The molecule has 74 valence electrons. The van der Waals surface area contributed by atoms with Crippen molar-refractivity contribution in [2.45, 2.75) is 13.1 Å². The van der Waals surface area contributed by atoms with Crippen LogP contribution in [0, 0.1) is 9.81 Å². The highest BCUT2D eigenvalue weighted by Gasteiger charge is 2.02. The molecule has 2 N–H and O–H groups in total. The van der Waals surface area contributed by atoms with Gasteiger partial charge in [-0.05, 0) is 11.1 Å². The number of benzene rings is 1. The van der Waals surface area contributed by atoms with Gasteiger partial charge in [0.1, 0.15) is 0 Å². The topological polar surface area (TPSA) is 88.1 Å². The molecule has 0 radical (unpaired) electrons. The minimum absolute atomic E-state index is 0.0812. The Hall–Kier alpha value is -1.82. The highest BCUT2D eigenvalue weighted by atomic mass is 16.4. The Morgan fingerprint density at radius 3 is 2.00 bits per heavy atom. The third-order valence-electron chi connectivity index (χ3n) is 1.77. The summed E-state index contributed by atoms with van der Waals surface area (Å²) in [5, 5.41) is 5.39. The first kappa shape index (κ1) is 10.3. The summed E-state index contributed by atoms with van der Waals surface area (Å²) < 4.78 is 0. The molecule has 14 heavy (non-hydrogen) atoms. The number of nitrogens with zero attached hydrogens (tertiary/aromatic N) is 3. The lowest BCUT2D eigenvalue weighted by atomic mass is 10.1. The molecular formula is C8H10N4O2. The average Bonchev–Trinajstić information content (AvgIpc) is 2.26. The maximum Gasteiger partial charge on any atom is 0.0923 e. The van der Waals surface area contributed by atoms with Crippen molar-refractivity contribution < 1.29 is 0 Å². The van der Waals surface area contributed by atoms with Gasteiger partial charge in [-0.2, -0.15) is 0 Å². The van der Waals surface area contributed by atoms with Gasteiger partial charge in [0.15, 0.2) is 0 Å². The minimum Gasteiger partial charge on any atom is -0.326 e. The molecule has 0 amide bonds. The summed E-state index contributed by atoms with van der Waals surface area (Å²) in [4.78, 5) is 20.1. The Morgan fingerprint density at radius 1 is 1.07 bits per heavy atom. The van der Waals surface area contributed by atoms with Crippen LogP contribution in [-0.4, -0.2) is 5.12 Å². The van der Waals surface area contributed by atoms with E-state index in [2.05, 4.69) is 10.6 Å². The standard InChI is InChI=1S/C8H10N4O2/c9-5-7-1-3-8(4-2-7)6-12(10-13)11-14/h1-4H,5-6,9H2. The number of hydrogen-bond donors (Lipinski definition) is 1. The van der Waals surface area contributed by atoms with E-state index in [0.29, 0.717) is 11.7 Å². The van der Waals surface area contributed by atoms with E-state index in [1.165, 1.54) is 0 Å². The molecule has 0 aliphatic carbocycles. The smallest absolute Gasteiger partial charge is 0.0923 e. The Morgan fingerprint density at radius 2 is 1.57 bits per heavy atom. The van der Waals surface area contributed by atoms with E-state index >= 15 is 0 Å². The summed E-state index contributed by atoms with van der Waals surface area (Å²) in [6.45, 7) is 0.541. The minimum atomic E-state index is 0.0812. The van der Waals surface area contributed by atoms with Crippen LogP contribution < -0.4 is 5.73 Å². The van der Waals surface area contributed by atoms with Crippen molar-refractivity contribution in [3.8, 4) is 0 Å². The van der Waals surface area contributed by atoms with Crippen LogP contribution in [0.1, 0.15) is 11.1 Å². The van der Waals surface area contributed by atoms with E-state index in [4.69, 9.17) is 5.73 Å². The van der Waals surface area contributed by atoms with Gasteiger partial charge < -0.3 is 5.73 Å². The van der Waals surface area contributed by atoms with E-state index in [-0.39, 0.29) is 6.54 Å². The summed E-state index contributed by atoms with van der Waals surface area (Å²) in [5.41, 5.74) is 7.17. The monoisotopic (exact) mass is 194 g/mol. The van der Waals surface area contributed by atoms with E-state index < -0.39 is 0 Å². The summed E-state index contributed by atoms with van der Waals surface area (Å²) >= 11 is 0. The predicted octanol–water partition coefficient (Wildman–Crippen LogP) is 1.31. The molecule has 0 unspecified atom stereocenters. The van der Waals surface area contributed by atoms with Crippen LogP contribution in [-0.2, 0) is 13.1 Å². The summed E-state index contributed by atoms with van der Waals surface area (Å²) in [5.74, 6) is 0. The molecule has 0 aliphatic heterocycles. The highest BCUT2D eigenvalue weighted by Crippen LogP contribution is 2.07. The van der Waals surface area contributed by atoms with Gasteiger partial charge in [0, 0.05) is 6.54 Å². The summed E-state index contributed by atoms with van der Waals surface area (Å²) in [6.07, 6.45) is 0. The highest BCUT2D eigenvalue weighted by molar-refractivity contribution is 5.22. The number of rotatable bonds is 5. The molecule has 1 aromatic carbocycles. The van der Waals surface area contributed by atoms with Gasteiger partial charge in [-0.15, -0.1) is 14.9 Å². The predicted molar refractivity (Wildman–Crippen MR) is 51.5 cm³/mol. The zero-order valence-corrected chi connectivity index (χ0v) is 7.46. The molecule has 6 nitrogen and oxygen atoms in total. The second kappa shape index (κ2) is 5.03. The van der Waals surface area contributed by atoms with Crippen molar-refractivity contribution in [2.24, 2.45) is 16.3 Å². The Labute approximate surface area is 80.6 Å². The molecule has 0 heterocycles. The SMILES string of the molecule is NCc1ccc(CN(N=O)N=O)cc1. The lowest BCUT2D eigenvalue weighted by Crippen LogP contribution is -2.07. The lowest BCUT2D eigenvalue weighted by Gasteiger charge is -2.05. The molecular weight excluding hydrogens is 184 g/mol. The number of hydrogen-bond acceptors (Lipinski definition) is 5. The molecule has 1 aromatic rings. The second-order valence-electron chi connectivity index (χ2n) is 2.71. The normalized spacial score (nSPS) is 9.50. The molecule has 0 atom stereocenters. The van der Waals surface area contributed by atoms with Gasteiger partial charge in [0.25, 0.3) is 0 Å². The molecule has 1 rings (SSSR count). The molecule has 0 saturated carbocycles. The number of nitroso groups, excluding NO2 is 2. The third-order valence-corrected chi connectivity index (χ3v) is 1.77. The van der Waals surface area contributed by atoms with Crippen LogP contribution in [0.3, 0.4) is 0 Å². The van der Waals surface area contributed by atoms with Gasteiger partial charge >= 0.3 is 0 Å². The van der Waals surface area contributed by atoms with Gasteiger partial charge in [0.05, 0.1) is 17.1 Å². The second-order valence-corrected chi connectivity index (χ2v) is 2.71. The maximum atomic E-state index is 10.0. The van der Waals surface area contributed by atoms with Crippen molar-refractivity contribution in [2.75, 3.05) is 0 Å². The molecule has 0 aliphatic rings. The molecule has 0 spiro atoms. The van der Waals surface area contributed by atoms with Crippen molar-refractivity contribution in [3.63, 3.8) is 0 Å². The summed E-state index contributed by atoms with van der Waals surface area (Å²) in [6, 6.07) is 7.18. The molecule has 0 aromatic heterocycles. The fourth-order valence-electron chi connectivity index (χ4n) is 1.02. The van der Waals surface area contributed by atoms with Crippen LogP contribution in [0.25, 0.3) is 0 Å². The fraction of sp³-hybridized carbons (Fsp3) is 0.250. The average molecular weight is 194 g/mol. The largest absolute Gasteiger partial charge is 0.326 e. The van der Waals surface area contributed by atoms with Crippen LogP contribution in [0.15, 0.2) is 34.8 Å². The Kier molecular flexibility index (Phi) is 3.69. The van der Waals surface area contributed by atoms with Crippen molar-refractivity contribution >= 4 is 0 Å². The zero-order valence-electron chi connectivity index (χ0n) is 7.46. The van der Waals surface area contributed by atoms with Gasteiger partial charge in [0.2, 0.25) is 0 Å². The van der Waals surface area contributed by atoms with Gasteiger partial charge in [-0.1, -0.05) is 24.3 Å². The first-order valence-corrected chi connectivity index (χ1v) is 4.02. The van der Waals surface area contributed by atoms with Crippen LogP contribution in [0.5, 0.6) is 0 Å². The van der Waals surface area contributed by atoms with Crippen molar-refractivity contribution in [1.29, 1.82) is 0 Å².